The number of hydrogen-bond donors (Lipinski definition) is 1. The van der Waals surface area contributed by atoms with Crippen LogP contribution in [0.25, 0.3) is 0 Å². The molecule has 1 aliphatic heterocycles. The van der Waals surface area contributed by atoms with Gasteiger partial charge in [-0.25, -0.2) is 0 Å². The number of carboxylic acids is 1. The van der Waals surface area contributed by atoms with E-state index in [4.69, 9.17) is 0 Å². The van der Waals surface area contributed by atoms with Crippen molar-refractivity contribution in [2.45, 2.75) is 31.3 Å². The molecule has 0 bridgehead atoms. The molecule has 0 aliphatic carbocycles. The Balaban J connectivity index is 2.86. The second-order valence-electron chi connectivity index (χ2n) is 4.51. The zero-order chi connectivity index (χ0) is 10.9. The van der Waals surface area contributed by atoms with Crippen LogP contribution in [0.5, 0.6) is 0 Å². The number of likely N-dealkylation sites (tertiary alicyclic amines) is 1. The van der Waals surface area contributed by atoms with E-state index < -0.39 is 11.5 Å². The van der Waals surface area contributed by atoms with E-state index in [2.05, 4.69) is 11.8 Å². The molecule has 0 amide bonds. The molecule has 0 aromatic heterocycles. The molecule has 1 aliphatic rings. The number of carbonyl (C=O) groups is 1. The van der Waals surface area contributed by atoms with Crippen LogP contribution in [0.2, 0.25) is 0 Å². The SMILES string of the molecule is C[C@H]1C[C@@](C(=O)O)(N(C)C)CCN1C. The zero-order valence-corrected chi connectivity index (χ0v) is 9.45. The van der Waals surface area contributed by atoms with Crippen molar-refractivity contribution in [2.75, 3.05) is 27.7 Å². The van der Waals surface area contributed by atoms with Crippen molar-refractivity contribution in [3.63, 3.8) is 0 Å². The number of hydrogen-bond acceptors (Lipinski definition) is 3. The summed E-state index contributed by atoms with van der Waals surface area (Å²) in [6.07, 6.45) is 1.40. The van der Waals surface area contributed by atoms with E-state index in [0.29, 0.717) is 18.9 Å². The number of piperidine rings is 1. The summed E-state index contributed by atoms with van der Waals surface area (Å²) in [5.74, 6) is -0.692. The predicted octanol–water partition coefficient (Wildman–Crippen LogP) is 0.486. The number of rotatable bonds is 2. The monoisotopic (exact) mass is 200 g/mol. The second-order valence-corrected chi connectivity index (χ2v) is 4.51. The van der Waals surface area contributed by atoms with E-state index in [1.165, 1.54) is 0 Å². The maximum Gasteiger partial charge on any atom is 0.324 e. The Morgan fingerprint density at radius 1 is 1.57 bits per heavy atom. The van der Waals surface area contributed by atoms with Crippen LogP contribution in [-0.2, 0) is 4.79 Å². The molecule has 2 atom stereocenters. The van der Waals surface area contributed by atoms with Gasteiger partial charge in [-0.05, 0) is 40.9 Å². The van der Waals surface area contributed by atoms with Crippen molar-refractivity contribution in [1.29, 1.82) is 0 Å². The van der Waals surface area contributed by atoms with Gasteiger partial charge in [0.1, 0.15) is 5.54 Å². The van der Waals surface area contributed by atoms with Crippen LogP contribution in [0.1, 0.15) is 19.8 Å². The summed E-state index contributed by atoms with van der Waals surface area (Å²) in [4.78, 5) is 15.4. The number of carboxylic acid groups (broad SMARTS) is 1. The molecule has 0 aromatic rings. The molecule has 1 rings (SSSR count). The average molecular weight is 200 g/mol. The molecule has 0 spiro atoms. The summed E-state index contributed by atoms with van der Waals surface area (Å²) in [7, 11) is 5.75. The minimum absolute atomic E-state index is 0.335. The van der Waals surface area contributed by atoms with Gasteiger partial charge in [-0.3, -0.25) is 9.69 Å². The molecule has 0 radical (unpaired) electrons. The fraction of sp³-hybridized carbons (Fsp3) is 0.900. The predicted molar refractivity (Wildman–Crippen MR) is 55.4 cm³/mol. The van der Waals surface area contributed by atoms with E-state index in [-0.39, 0.29) is 0 Å². The lowest BCUT2D eigenvalue weighted by Gasteiger charge is -2.45. The highest BCUT2D eigenvalue weighted by Crippen LogP contribution is 2.30. The molecule has 4 heteroatoms. The first-order valence-electron chi connectivity index (χ1n) is 5.01. The van der Waals surface area contributed by atoms with Gasteiger partial charge < -0.3 is 10.0 Å². The first-order valence-corrected chi connectivity index (χ1v) is 5.01. The van der Waals surface area contributed by atoms with Crippen molar-refractivity contribution in [1.82, 2.24) is 9.80 Å². The topological polar surface area (TPSA) is 43.8 Å². The van der Waals surface area contributed by atoms with E-state index >= 15 is 0 Å². The maximum absolute atomic E-state index is 11.3. The van der Waals surface area contributed by atoms with Crippen LogP contribution >= 0.6 is 0 Å². The quantitative estimate of drug-likeness (QED) is 0.704. The third-order valence-corrected chi connectivity index (χ3v) is 3.52. The molecule has 82 valence electrons. The Morgan fingerprint density at radius 3 is 2.50 bits per heavy atom. The summed E-state index contributed by atoms with van der Waals surface area (Å²) >= 11 is 0. The fourth-order valence-corrected chi connectivity index (χ4v) is 2.12. The highest BCUT2D eigenvalue weighted by molar-refractivity contribution is 5.79. The van der Waals surface area contributed by atoms with Gasteiger partial charge in [0.2, 0.25) is 0 Å². The standard InChI is InChI=1S/C10H20N2O2/c1-8-7-10(9(13)14,11(2)3)5-6-12(8)4/h8H,5-7H2,1-4H3,(H,13,14)/t8-,10-/m0/s1. The highest BCUT2D eigenvalue weighted by atomic mass is 16.4. The Kier molecular flexibility index (Phi) is 3.17. The van der Waals surface area contributed by atoms with E-state index in [1.807, 2.05) is 26.0 Å². The fourth-order valence-electron chi connectivity index (χ4n) is 2.12. The largest absolute Gasteiger partial charge is 0.480 e. The van der Waals surface area contributed by atoms with Gasteiger partial charge in [0.15, 0.2) is 0 Å². The van der Waals surface area contributed by atoms with Crippen LogP contribution < -0.4 is 0 Å². The minimum atomic E-state index is -0.692. The van der Waals surface area contributed by atoms with Crippen molar-refractivity contribution >= 4 is 5.97 Å². The van der Waals surface area contributed by atoms with Crippen LogP contribution in [0.4, 0.5) is 0 Å². The molecule has 14 heavy (non-hydrogen) atoms. The lowest BCUT2D eigenvalue weighted by atomic mass is 9.83. The van der Waals surface area contributed by atoms with Gasteiger partial charge in [-0.1, -0.05) is 0 Å². The maximum atomic E-state index is 11.3. The van der Waals surface area contributed by atoms with Crippen molar-refractivity contribution in [3.8, 4) is 0 Å². The van der Waals surface area contributed by atoms with Gasteiger partial charge in [0, 0.05) is 12.6 Å². The van der Waals surface area contributed by atoms with E-state index in [1.54, 1.807) is 0 Å². The van der Waals surface area contributed by atoms with Gasteiger partial charge in [-0.15, -0.1) is 0 Å². The van der Waals surface area contributed by atoms with Gasteiger partial charge in [0.05, 0.1) is 0 Å². The molecule has 1 saturated heterocycles. The van der Waals surface area contributed by atoms with E-state index in [9.17, 15) is 9.90 Å². The summed E-state index contributed by atoms with van der Waals surface area (Å²) in [5, 5.41) is 9.30. The van der Waals surface area contributed by atoms with Crippen LogP contribution in [0.3, 0.4) is 0 Å². The number of nitrogens with zero attached hydrogens (tertiary/aromatic N) is 2. The van der Waals surface area contributed by atoms with E-state index in [0.717, 1.165) is 6.54 Å². The molecule has 0 unspecified atom stereocenters. The highest BCUT2D eigenvalue weighted by Gasteiger charge is 2.45. The molecule has 4 nitrogen and oxygen atoms in total. The molecule has 1 heterocycles. The molecule has 1 N–H and O–H groups in total. The normalized spacial score (nSPS) is 34.8. The molecular weight excluding hydrogens is 180 g/mol. The summed E-state index contributed by atoms with van der Waals surface area (Å²) in [6.45, 7) is 2.94. The number of aliphatic carboxylic acids is 1. The Morgan fingerprint density at radius 2 is 2.14 bits per heavy atom. The average Bonchev–Trinajstić information content (AvgIpc) is 2.09. The molecule has 0 aromatic carbocycles. The number of likely N-dealkylation sites (N-methyl/N-ethyl adjacent to an activating group) is 1. The Labute approximate surface area is 85.5 Å². The Hall–Kier alpha value is -0.610. The van der Waals surface area contributed by atoms with Crippen molar-refractivity contribution in [3.05, 3.63) is 0 Å². The van der Waals surface area contributed by atoms with Gasteiger partial charge in [0.25, 0.3) is 0 Å². The lowest BCUT2D eigenvalue weighted by Crippen LogP contribution is -2.59. The van der Waals surface area contributed by atoms with Gasteiger partial charge in [-0.2, -0.15) is 0 Å². The van der Waals surface area contributed by atoms with Crippen molar-refractivity contribution in [2.24, 2.45) is 0 Å². The second kappa shape index (κ2) is 3.87. The Bertz CT molecular complexity index is 230. The van der Waals surface area contributed by atoms with Crippen LogP contribution in [0, 0.1) is 0 Å². The third-order valence-electron chi connectivity index (χ3n) is 3.52. The van der Waals surface area contributed by atoms with Crippen LogP contribution in [-0.4, -0.2) is 60.1 Å². The van der Waals surface area contributed by atoms with Crippen molar-refractivity contribution < 1.29 is 9.90 Å². The first-order chi connectivity index (χ1) is 6.40. The summed E-state index contributed by atoms with van der Waals surface area (Å²) in [6, 6.07) is 0.335. The van der Waals surface area contributed by atoms with Gasteiger partial charge >= 0.3 is 5.97 Å². The summed E-state index contributed by atoms with van der Waals surface area (Å²) in [5.41, 5.74) is -0.661. The lowest BCUT2D eigenvalue weighted by molar-refractivity contribution is -0.154. The third kappa shape index (κ3) is 1.77. The first kappa shape index (κ1) is 11.5. The smallest absolute Gasteiger partial charge is 0.324 e. The molecule has 0 saturated carbocycles. The van der Waals surface area contributed by atoms with Crippen LogP contribution in [0.15, 0.2) is 0 Å². The minimum Gasteiger partial charge on any atom is -0.480 e. The molecule has 1 fully saturated rings. The molecular formula is C10H20N2O2. The zero-order valence-electron chi connectivity index (χ0n) is 9.45. The summed E-state index contributed by atoms with van der Waals surface area (Å²) < 4.78 is 0.